The summed E-state index contributed by atoms with van der Waals surface area (Å²) < 4.78 is 6.81. The van der Waals surface area contributed by atoms with Crippen molar-refractivity contribution in [1.29, 1.82) is 0 Å². The maximum Gasteiger partial charge on any atom is 0.133 e. The average molecular weight is 286 g/mol. The predicted octanol–water partition coefficient (Wildman–Crippen LogP) is 3.56. The van der Waals surface area contributed by atoms with Gasteiger partial charge in [-0.2, -0.15) is 0 Å². The highest BCUT2D eigenvalue weighted by molar-refractivity contribution is 9.10. The summed E-state index contributed by atoms with van der Waals surface area (Å²) in [6.45, 7) is 9.42. The molecule has 0 N–H and O–H groups in total. The average Bonchev–Trinajstić information content (AvgIpc) is 2.29. The van der Waals surface area contributed by atoms with Gasteiger partial charge in [0, 0.05) is 6.04 Å². The maximum absolute atomic E-state index is 5.79. The highest BCUT2D eigenvalue weighted by atomic mass is 79.9. The molecule has 90 valence electrons. The van der Waals surface area contributed by atoms with Gasteiger partial charge in [-0.3, -0.25) is 4.90 Å². The second kappa shape index (κ2) is 6.92. The van der Waals surface area contributed by atoms with Crippen molar-refractivity contribution in [3.8, 4) is 5.75 Å². The molecule has 3 heteroatoms. The Morgan fingerprint density at radius 1 is 1.25 bits per heavy atom. The highest BCUT2D eigenvalue weighted by Crippen LogP contribution is 2.23. The molecule has 1 rings (SSSR count). The minimum absolute atomic E-state index is 0.446. The Labute approximate surface area is 107 Å². The third-order valence-corrected chi connectivity index (χ3v) is 3.41. The first-order valence-electron chi connectivity index (χ1n) is 5.80. The molecule has 0 fully saturated rings. The van der Waals surface area contributed by atoms with Crippen LogP contribution in [-0.2, 0) is 0 Å². The van der Waals surface area contributed by atoms with Crippen LogP contribution in [0.25, 0.3) is 0 Å². The number of para-hydroxylation sites is 1. The molecule has 0 saturated carbocycles. The zero-order valence-corrected chi connectivity index (χ0v) is 11.8. The van der Waals surface area contributed by atoms with E-state index in [9.17, 15) is 0 Å². The van der Waals surface area contributed by atoms with E-state index in [1.165, 1.54) is 0 Å². The van der Waals surface area contributed by atoms with Gasteiger partial charge in [0.05, 0.1) is 4.47 Å². The van der Waals surface area contributed by atoms with Crippen LogP contribution < -0.4 is 4.74 Å². The molecule has 0 heterocycles. The van der Waals surface area contributed by atoms with Gasteiger partial charge in [-0.15, -0.1) is 0 Å². The molecule has 1 unspecified atom stereocenters. The molecule has 0 bridgehead atoms. The highest BCUT2D eigenvalue weighted by Gasteiger charge is 2.11. The van der Waals surface area contributed by atoms with Crippen LogP contribution in [0, 0.1) is 0 Å². The number of likely N-dealkylation sites (N-methyl/N-ethyl adjacent to an activating group) is 1. The molecule has 1 atom stereocenters. The molecule has 0 spiro atoms. The summed E-state index contributed by atoms with van der Waals surface area (Å²) in [6, 6.07) is 8.41. The summed E-state index contributed by atoms with van der Waals surface area (Å²) >= 11 is 3.48. The zero-order valence-electron chi connectivity index (χ0n) is 10.2. The summed E-state index contributed by atoms with van der Waals surface area (Å²) in [5.74, 6) is 0.918. The maximum atomic E-state index is 5.79. The van der Waals surface area contributed by atoms with Gasteiger partial charge in [-0.25, -0.2) is 0 Å². The first-order chi connectivity index (χ1) is 7.69. The number of nitrogens with zero attached hydrogens (tertiary/aromatic N) is 1. The second-order valence-electron chi connectivity index (χ2n) is 3.81. The first kappa shape index (κ1) is 13.5. The number of hydrogen-bond acceptors (Lipinski definition) is 2. The van der Waals surface area contributed by atoms with Crippen molar-refractivity contribution >= 4 is 15.9 Å². The van der Waals surface area contributed by atoms with Gasteiger partial charge in [0.15, 0.2) is 0 Å². The van der Waals surface area contributed by atoms with Crippen LogP contribution in [0.4, 0.5) is 0 Å². The summed E-state index contributed by atoms with van der Waals surface area (Å²) in [5.41, 5.74) is 0. The quantitative estimate of drug-likeness (QED) is 0.793. The van der Waals surface area contributed by atoms with Gasteiger partial charge in [0.2, 0.25) is 0 Å². The molecule has 0 aromatic heterocycles. The minimum Gasteiger partial charge on any atom is -0.491 e. The van der Waals surface area contributed by atoms with Crippen LogP contribution in [0.5, 0.6) is 5.75 Å². The molecule has 1 aromatic carbocycles. The Morgan fingerprint density at radius 2 is 1.88 bits per heavy atom. The van der Waals surface area contributed by atoms with Crippen molar-refractivity contribution in [2.45, 2.75) is 26.8 Å². The lowest BCUT2D eigenvalue weighted by molar-refractivity contribution is 0.157. The van der Waals surface area contributed by atoms with E-state index in [2.05, 4.69) is 41.6 Å². The van der Waals surface area contributed by atoms with E-state index in [0.29, 0.717) is 6.04 Å². The Morgan fingerprint density at radius 3 is 2.44 bits per heavy atom. The molecule has 0 amide bonds. The number of hydrogen-bond donors (Lipinski definition) is 0. The van der Waals surface area contributed by atoms with E-state index < -0.39 is 0 Å². The van der Waals surface area contributed by atoms with Crippen LogP contribution in [0.15, 0.2) is 28.7 Å². The van der Waals surface area contributed by atoms with Crippen molar-refractivity contribution in [3.05, 3.63) is 28.7 Å². The Hall–Kier alpha value is -0.540. The van der Waals surface area contributed by atoms with Crippen molar-refractivity contribution in [2.75, 3.05) is 19.7 Å². The Bertz CT molecular complexity index is 313. The largest absolute Gasteiger partial charge is 0.491 e. The third-order valence-electron chi connectivity index (χ3n) is 2.75. The number of halogens is 1. The summed E-state index contributed by atoms with van der Waals surface area (Å²) in [5, 5.41) is 0. The van der Waals surface area contributed by atoms with Crippen molar-refractivity contribution in [3.63, 3.8) is 0 Å². The fraction of sp³-hybridized carbons (Fsp3) is 0.538. The van der Waals surface area contributed by atoms with Crippen LogP contribution in [0.2, 0.25) is 0 Å². The van der Waals surface area contributed by atoms with Crippen LogP contribution in [0.1, 0.15) is 20.8 Å². The fourth-order valence-electron chi connectivity index (χ4n) is 1.72. The smallest absolute Gasteiger partial charge is 0.133 e. The van der Waals surface area contributed by atoms with Crippen molar-refractivity contribution < 1.29 is 4.74 Å². The molecular weight excluding hydrogens is 266 g/mol. The predicted molar refractivity (Wildman–Crippen MR) is 72.0 cm³/mol. The normalized spacial score (nSPS) is 12.8. The first-order valence-corrected chi connectivity index (χ1v) is 6.59. The molecule has 16 heavy (non-hydrogen) atoms. The molecule has 0 saturated heterocycles. The lowest BCUT2D eigenvalue weighted by atomic mass is 10.3. The van der Waals surface area contributed by atoms with Gasteiger partial charge in [-0.1, -0.05) is 26.0 Å². The van der Waals surface area contributed by atoms with E-state index in [1.807, 2.05) is 24.3 Å². The van der Waals surface area contributed by atoms with Crippen LogP contribution in [-0.4, -0.2) is 30.6 Å². The summed E-state index contributed by atoms with van der Waals surface area (Å²) in [7, 11) is 0. The molecule has 2 nitrogen and oxygen atoms in total. The van der Waals surface area contributed by atoms with Gasteiger partial charge >= 0.3 is 0 Å². The monoisotopic (exact) mass is 285 g/mol. The van der Waals surface area contributed by atoms with Crippen molar-refractivity contribution in [2.24, 2.45) is 0 Å². The number of rotatable bonds is 6. The van der Waals surface area contributed by atoms with Crippen molar-refractivity contribution in [1.82, 2.24) is 4.90 Å². The zero-order chi connectivity index (χ0) is 12.0. The fourth-order valence-corrected chi connectivity index (χ4v) is 2.12. The summed E-state index contributed by atoms with van der Waals surface area (Å²) in [6.07, 6.45) is 0. The Kier molecular flexibility index (Phi) is 5.85. The van der Waals surface area contributed by atoms with E-state index in [0.717, 1.165) is 29.9 Å². The van der Waals surface area contributed by atoms with E-state index in [-0.39, 0.29) is 0 Å². The van der Waals surface area contributed by atoms with Gasteiger partial charge in [0.25, 0.3) is 0 Å². The second-order valence-corrected chi connectivity index (χ2v) is 4.67. The molecule has 0 aliphatic carbocycles. The molecule has 0 radical (unpaired) electrons. The lowest BCUT2D eigenvalue weighted by Gasteiger charge is -2.26. The van der Waals surface area contributed by atoms with Gasteiger partial charge < -0.3 is 4.74 Å². The molecule has 0 aliphatic heterocycles. The van der Waals surface area contributed by atoms with Gasteiger partial charge in [0.1, 0.15) is 12.4 Å². The number of benzene rings is 1. The van der Waals surface area contributed by atoms with Gasteiger partial charge in [-0.05, 0) is 48.1 Å². The van der Waals surface area contributed by atoms with Crippen LogP contribution >= 0.6 is 15.9 Å². The van der Waals surface area contributed by atoms with E-state index >= 15 is 0 Å². The SMILES string of the molecule is CCN(CC)C(C)COc1ccccc1Br. The van der Waals surface area contributed by atoms with Crippen LogP contribution in [0.3, 0.4) is 0 Å². The standard InChI is InChI=1S/C13H20BrNO/c1-4-15(5-2)11(3)10-16-13-9-7-6-8-12(13)14/h6-9,11H,4-5,10H2,1-3H3. The summed E-state index contributed by atoms with van der Waals surface area (Å²) in [4.78, 5) is 2.39. The Balaban J connectivity index is 2.48. The molecule has 0 aliphatic rings. The van der Waals surface area contributed by atoms with E-state index in [4.69, 9.17) is 4.74 Å². The minimum atomic E-state index is 0.446. The number of ether oxygens (including phenoxy) is 1. The lowest BCUT2D eigenvalue weighted by Crippen LogP contribution is -2.36. The van der Waals surface area contributed by atoms with E-state index in [1.54, 1.807) is 0 Å². The molecular formula is C13H20BrNO. The molecule has 1 aromatic rings. The third kappa shape index (κ3) is 3.80. The topological polar surface area (TPSA) is 12.5 Å².